The second-order valence-corrected chi connectivity index (χ2v) is 9.78. The Balaban J connectivity index is 1.30. The number of nitrogens with one attached hydrogen (secondary N) is 1. The zero-order chi connectivity index (χ0) is 25.0. The fourth-order valence-electron chi connectivity index (χ4n) is 4.74. The predicted molar refractivity (Wildman–Crippen MR) is 130 cm³/mol. The molecule has 0 aromatic heterocycles. The number of carboxylic acid groups (broad SMARTS) is 1. The molecular formula is C27H32N2O6. The molecule has 2 amide bonds. The molecular weight excluding hydrogens is 448 g/mol. The third-order valence-corrected chi connectivity index (χ3v) is 6.72. The van der Waals surface area contributed by atoms with E-state index >= 15 is 0 Å². The molecule has 1 aliphatic heterocycles. The van der Waals surface area contributed by atoms with Crippen molar-refractivity contribution in [2.45, 2.75) is 38.1 Å². The minimum atomic E-state index is -0.970. The van der Waals surface area contributed by atoms with Gasteiger partial charge in [0.1, 0.15) is 6.61 Å². The molecule has 2 N–H and O–H groups in total. The molecule has 1 heterocycles. The van der Waals surface area contributed by atoms with Crippen LogP contribution in [-0.4, -0.2) is 66.4 Å². The standard InChI is InChI=1S/C27H32N2O6/c1-27(2,12-11-24(30)29-13-14-34-16-18(15-29)25(31)32)28-26(33)35-17-23-21-9-5-3-7-19(21)20-8-4-6-10-22(20)23/h3-10,18,23H,11-17H2,1-2H3,(H,28,33)(H,31,32). The van der Waals surface area contributed by atoms with Crippen LogP contribution >= 0.6 is 0 Å². The molecule has 1 saturated heterocycles. The molecule has 2 aliphatic rings. The van der Waals surface area contributed by atoms with Crippen molar-refractivity contribution in [3.8, 4) is 11.1 Å². The van der Waals surface area contributed by atoms with Gasteiger partial charge in [-0.05, 0) is 42.5 Å². The molecule has 35 heavy (non-hydrogen) atoms. The third-order valence-electron chi connectivity index (χ3n) is 6.72. The van der Waals surface area contributed by atoms with Crippen LogP contribution in [0.4, 0.5) is 4.79 Å². The van der Waals surface area contributed by atoms with Gasteiger partial charge in [-0.15, -0.1) is 0 Å². The quantitative estimate of drug-likeness (QED) is 0.627. The molecule has 0 spiro atoms. The highest BCUT2D eigenvalue weighted by Gasteiger charge is 2.31. The highest BCUT2D eigenvalue weighted by atomic mass is 16.5. The highest BCUT2D eigenvalue weighted by Crippen LogP contribution is 2.44. The van der Waals surface area contributed by atoms with Crippen LogP contribution in [0.3, 0.4) is 0 Å². The average Bonchev–Trinajstić information content (AvgIpc) is 2.96. The second-order valence-electron chi connectivity index (χ2n) is 9.78. The summed E-state index contributed by atoms with van der Waals surface area (Å²) in [5, 5.41) is 12.2. The number of nitrogens with zero attached hydrogens (tertiary/aromatic N) is 1. The van der Waals surface area contributed by atoms with Crippen molar-refractivity contribution >= 4 is 18.0 Å². The summed E-state index contributed by atoms with van der Waals surface area (Å²) in [5.41, 5.74) is 3.95. The Kier molecular flexibility index (Phi) is 7.40. The van der Waals surface area contributed by atoms with E-state index in [0.717, 1.165) is 11.1 Å². The summed E-state index contributed by atoms with van der Waals surface area (Å²) in [6.45, 7) is 4.82. The number of ether oxygens (including phenoxy) is 2. The summed E-state index contributed by atoms with van der Waals surface area (Å²) >= 11 is 0. The summed E-state index contributed by atoms with van der Waals surface area (Å²) in [7, 11) is 0. The van der Waals surface area contributed by atoms with Gasteiger partial charge in [-0.25, -0.2) is 4.79 Å². The van der Waals surface area contributed by atoms with Crippen LogP contribution in [0, 0.1) is 5.92 Å². The number of carbonyl (C=O) groups is 3. The molecule has 1 aliphatic carbocycles. The van der Waals surface area contributed by atoms with E-state index in [1.165, 1.54) is 16.0 Å². The fourth-order valence-corrected chi connectivity index (χ4v) is 4.74. The summed E-state index contributed by atoms with van der Waals surface area (Å²) in [6.07, 6.45) is 0.0483. The predicted octanol–water partition coefficient (Wildman–Crippen LogP) is 3.64. The van der Waals surface area contributed by atoms with Gasteiger partial charge in [-0.3, -0.25) is 9.59 Å². The lowest BCUT2D eigenvalue weighted by Gasteiger charge is -2.28. The molecule has 0 bridgehead atoms. The van der Waals surface area contributed by atoms with Crippen LogP contribution < -0.4 is 5.32 Å². The Hall–Kier alpha value is -3.39. The van der Waals surface area contributed by atoms with E-state index in [2.05, 4.69) is 29.6 Å². The van der Waals surface area contributed by atoms with Crippen molar-refractivity contribution in [3.05, 3.63) is 59.7 Å². The van der Waals surface area contributed by atoms with Crippen molar-refractivity contribution in [1.82, 2.24) is 10.2 Å². The van der Waals surface area contributed by atoms with Gasteiger partial charge in [-0.1, -0.05) is 48.5 Å². The summed E-state index contributed by atoms with van der Waals surface area (Å²) in [4.78, 5) is 38.2. The van der Waals surface area contributed by atoms with Crippen molar-refractivity contribution in [1.29, 1.82) is 0 Å². The van der Waals surface area contributed by atoms with E-state index in [-0.39, 0.29) is 38.0 Å². The second kappa shape index (κ2) is 10.5. The maximum atomic E-state index is 12.7. The maximum absolute atomic E-state index is 12.7. The van der Waals surface area contributed by atoms with Crippen LogP contribution in [0.15, 0.2) is 48.5 Å². The lowest BCUT2D eigenvalue weighted by atomic mass is 9.97. The molecule has 0 radical (unpaired) electrons. The number of alkyl carbamates (subject to hydrolysis) is 1. The molecule has 4 rings (SSSR count). The number of hydrogen-bond donors (Lipinski definition) is 2. The van der Waals surface area contributed by atoms with E-state index in [9.17, 15) is 19.5 Å². The van der Waals surface area contributed by atoms with Gasteiger partial charge in [0.2, 0.25) is 5.91 Å². The Morgan fingerprint density at radius 1 is 1.09 bits per heavy atom. The van der Waals surface area contributed by atoms with Gasteiger partial charge in [-0.2, -0.15) is 0 Å². The number of benzene rings is 2. The van der Waals surface area contributed by atoms with E-state index < -0.39 is 23.5 Å². The number of amides is 2. The summed E-state index contributed by atoms with van der Waals surface area (Å²) in [6, 6.07) is 16.3. The average molecular weight is 481 g/mol. The van der Waals surface area contributed by atoms with Crippen molar-refractivity contribution < 1.29 is 29.0 Å². The monoisotopic (exact) mass is 480 g/mol. The smallest absolute Gasteiger partial charge is 0.407 e. The van der Waals surface area contributed by atoms with E-state index in [1.54, 1.807) is 0 Å². The number of rotatable bonds is 7. The van der Waals surface area contributed by atoms with Gasteiger partial charge in [0.15, 0.2) is 0 Å². The molecule has 1 unspecified atom stereocenters. The van der Waals surface area contributed by atoms with Crippen LogP contribution in [-0.2, 0) is 19.1 Å². The topological polar surface area (TPSA) is 105 Å². The Morgan fingerprint density at radius 3 is 2.34 bits per heavy atom. The largest absolute Gasteiger partial charge is 0.481 e. The van der Waals surface area contributed by atoms with Gasteiger partial charge < -0.3 is 24.8 Å². The van der Waals surface area contributed by atoms with Gasteiger partial charge >= 0.3 is 12.1 Å². The van der Waals surface area contributed by atoms with Gasteiger partial charge in [0, 0.05) is 31.0 Å². The number of hydrogen-bond acceptors (Lipinski definition) is 5. The first-order valence-electron chi connectivity index (χ1n) is 12.0. The third kappa shape index (κ3) is 5.82. The Labute approximate surface area is 205 Å². The van der Waals surface area contributed by atoms with Gasteiger partial charge in [0.25, 0.3) is 0 Å². The molecule has 2 aromatic carbocycles. The fraction of sp³-hybridized carbons (Fsp3) is 0.444. The summed E-state index contributed by atoms with van der Waals surface area (Å²) in [5.74, 6) is -1.87. The van der Waals surface area contributed by atoms with Crippen LogP contribution in [0.5, 0.6) is 0 Å². The Morgan fingerprint density at radius 2 is 1.71 bits per heavy atom. The van der Waals surface area contributed by atoms with Gasteiger partial charge in [0.05, 0.1) is 19.1 Å². The maximum Gasteiger partial charge on any atom is 0.407 e. The Bertz CT molecular complexity index is 1050. The molecule has 8 heteroatoms. The number of carboxylic acids is 1. The molecule has 186 valence electrons. The number of aliphatic carboxylic acids is 1. The van der Waals surface area contributed by atoms with Crippen molar-refractivity contribution in [2.24, 2.45) is 5.92 Å². The van der Waals surface area contributed by atoms with E-state index in [0.29, 0.717) is 19.6 Å². The van der Waals surface area contributed by atoms with Crippen molar-refractivity contribution in [3.63, 3.8) is 0 Å². The highest BCUT2D eigenvalue weighted by molar-refractivity contribution is 5.79. The van der Waals surface area contributed by atoms with Crippen LogP contribution in [0.1, 0.15) is 43.7 Å². The minimum Gasteiger partial charge on any atom is -0.481 e. The normalized spacial score (nSPS) is 17.8. The first-order valence-corrected chi connectivity index (χ1v) is 12.0. The molecule has 1 atom stereocenters. The SMILES string of the molecule is CC(C)(CCC(=O)N1CCOCC(C(=O)O)C1)NC(=O)OCC1c2ccccc2-c2ccccc21. The van der Waals surface area contributed by atoms with Crippen LogP contribution in [0.25, 0.3) is 11.1 Å². The lowest BCUT2D eigenvalue weighted by Crippen LogP contribution is -2.45. The van der Waals surface area contributed by atoms with E-state index in [1.807, 2.05) is 38.1 Å². The zero-order valence-corrected chi connectivity index (χ0v) is 20.2. The first-order chi connectivity index (χ1) is 16.7. The molecule has 2 aromatic rings. The number of carbonyl (C=O) groups excluding carboxylic acids is 2. The van der Waals surface area contributed by atoms with Crippen LogP contribution in [0.2, 0.25) is 0 Å². The lowest BCUT2D eigenvalue weighted by molar-refractivity contribution is -0.144. The number of fused-ring (bicyclic) bond motifs is 3. The molecule has 1 fully saturated rings. The summed E-state index contributed by atoms with van der Waals surface area (Å²) < 4.78 is 10.9. The zero-order valence-electron chi connectivity index (χ0n) is 20.2. The van der Waals surface area contributed by atoms with Crippen molar-refractivity contribution in [2.75, 3.05) is 32.9 Å². The first kappa shape index (κ1) is 24.7. The van der Waals surface area contributed by atoms with E-state index in [4.69, 9.17) is 9.47 Å². The molecule has 0 saturated carbocycles. The molecule has 8 nitrogen and oxygen atoms in total. The minimum absolute atomic E-state index is 0.0229.